The minimum absolute atomic E-state index is 0.0917. The largest absolute Gasteiger partial charge is 0.481 e. The third-order valence-corrected chi connectivity index (χ3v) is 3.99. The van der Waals surface area contributed by atoms with E-state index in [4.69, 9.17) is 5.11 Å². The van der Waals surface area contributed by atoms with Gasteiger partial charge in [-0.1, -0.05) is 0 Å². The summed E-state index contributed by atoms with van der Waals surface area (Å²) >= 11 is 2.13. The predicted molar refractivity (Wildman–Crippen MR) is 74.4 cm³/mol. The van der Waals surface area contributed by atoms with Crippen LogP contribution in [0, 0.1) is 9.49 Å². The second-order valence-electron chi connectivity index (χ2n) is 4.65. The van der Waals surface area contributed by atoms with Crippen LogP contribution in [-0.4, -0.2) is 39.5 Å². The lowest BCUT2D eigenvalue weighted by molar-refractivity contribution is -0.143. The number of carbonyl (C=O) groups excluding carboxylic acids is 1. The maximum absolute atomic E-state index is 12.3. The highest BCUT2D eigenvalue weighted by molar-refractivity contribution is 14.1. The first kappa shape index (κ1) is 13.4. The number of likely N-dealkylation sites (tertiary alicyclic amines) is 1. The number of aromatic nitrogens is 1. The number of hydrogen-bond donors (Lipinski definition) is 2. The average molecular weight is 362 g/mol. The standard InChI is InChI=1S/C12H15IN2O3/c1-7-2-3-8(12(17)18)6-15(7)11(16)10-4-9(13)5-14-10/h4-5,7-8,14H,2-3,6H2,1H3,(H,17,18). The molecule has 2 atom stereocenters. The number of aromatic amines is 1. The van der Waals surface area contributed by atoms with Crippen LogP contribution in [-0.2, 0) is 4.79 Å². The van der Waals surface area contributed by atoms with Crippen molar-refractivity contribution < 1.29 is 14.7 Å². The van der Waals surface area contributed by atoms with Crippen LogP contribution in [0.5, 0.6) is 0 Å². The summed E-state index contributed by atoms with van der Waals surface area (Å²) in [4.78, 5) is 27.9. The Hall–Kier alpha value is -1.05. The molecule has 0 radical (unpaired) electrons. The van der Waals surface area contributed by atoms with Crippen LogP contribution in [0.15, 0.2) is 12.3 Å². The Morgan fingerprint density at radius 1 is 1.50 bits per heavy atom. The van der Waals surface area contributed by atoms with E-state index in [1.165, 1.54) is 0 Å². The first-order chi connectivity index (χ1) is 8.49. The normalized spacial score (nSPS) is 24.0. The number of carbonyl (C=O) groups is 2. The van der Waals surface area contributed by atoms with Crippen LogP contribution >= 0.6 is 22.6 Å². The zero-order valence-electron chi connectivity index (χ0n) is 10.0. The molecule has 1 fully saturated rings. The zero-order valence-corrected chi connectivity index (χ0v) is 12.2. The number of rotatable bonds is 2. The third kappa shape index (κ3) is 2.68. The van der Waals surface area contributed by atoms with Crippen LogP contribution in [0.2, 0.25) is 0 Å². The Morgan fingerprint density at radius 3 is 2.78 bits per heavy atom. The first-order valence-electron chi connectivity index (χ1n) is 5.86. The minimum Gasteiger partial charge on any atom is -0.481 e. The fourth-order valence-electron chi connectivity index (χ4n) is 2.24. The maximum atomic E-state index is 12.3. The van der Waals surface area contributed by atoms with Gasteiger partial charge in [0.15, 0.2) is 0 Å². The van der Waals surface area contributed by atoms with Gasteiger partial charge in [0.25, 0.3) is 5.91 Å². The van der Waals surface area contributed by atoms with E-state index < -0.39 is 11.9 Å². The fraction of sp³-hybridized carbons (Fsp3) is 0.500. The number of nitrogens with one attached hydrogen (secondary N) is 1. The lowest BCUT2D eigenvalue weighted by atomic mass is 9.93. The monoisotopic (exact) mass is 362 g/mol. The summed E-state index contributed by atoms with van der Waals surface area (Å²) in [5.41, 5.74) is 0.525. The van der Waals surface area contributed by atoms with Gasteiger partial charge in [-0.3, -0.25) is 9.59 Å². The van der Waals surface area contributed by atoms with Crippen molar-refractivity contribution in [2.24, 2.45) is 5.92 Å². The van der Waals surface area contributed by atoms with Gasteiger partial charge in [-0.15, -0.1) is 0 Å². The average Bonchev–Trinajstić information content (AvgIpc) is 2.75. The molecule has 0 aliphatic carbocycles. The van der Waals surface area contributed by atoms with Crippen molar-refractivity contribution in [2.75, 3.05) is 6.54 Å². The Bertz CT molecular complexity index is 472. The molecule has 2 heterocycles. The molecule has 5 nitrogen and oxygen atoms in total. The zero-order chi connectivity index (χ0) is 13.3. The van der Waals surface area contributed by atoms with Crippen molar-refractivity contribution >= 4 is 34.5 Å². The number of H-pyrrole nitrogens is 1. The van der Waals surface area contributed by atoms with Gasteiger partial charge in [-0.25, -0.2) is 0 Å². The quantitative estimate of drug-likeness (QED) is 0.790. The molecule has 18 heavy (non-hydrogen) atoms. The van der Waals surface area contributed by atoms with Gasteiger partial charge in [0, 0.05) is 22.4 Å². The van der Waals surface area contributed by atoms with E-state index in [0.717, 1.165) is 9.99 Å². The van der Waals surface area contributed by atoms with E-state index in [9.17, 15) is 9.59 Å². The number of carboxylic acids is 1. The summed E-state index contributed by atoms with van der Waals surface area (Å²) in [6, 6.07) is 1.87. The molecule has 6 heteroatoms. The fourth-order valence-corrected chi connectivity index (χ4v) is 2.70. The Labute approximate surface area is 119 Å². The van der Waals surface area contributed by atoms with Crippen molar-refractivity contribution in [3.8, 4) is 0 Å². The molecule has 1 saturated heterocycles. The van der Waals surface area contributed by atoms with Crippen molar-refractivity contribution in [3.05, 3.63) is 21.5 Å². The summed E-state index contributed by atoms with van der Waals surface area (Å²) in [5, 5.41) is 9.05. The van der Waals surface area contributed by atoms with Gasteiger partial charge in [0.05, 0.1) is 5.92 Å². The number of halogens is 1. The van der Waals surface area contributed by atoms with E-state index in [2.05, 4.69) is 27.6 Å². The molecule has 1 aliphatic heterocycles. The highest BCUT2D eigenvalue weighted by Gasteiger charge is 2.33. The Morgan fingerprint density at radius 2 is 2.22 bits per heavy atom. The lowest BCUT2D eigenvalue weighted by Crippen LogP contribution is -2.47. The molecule has 1 aromatic rings. The predicted octanol–water partition coefficient (Wildman–Crippen LogP) is 1.94. The molecule has 2 unspecified atom stereocenters. The minimum atomic E-state index is -0.819. The van der Waals surface area contributed by atoms with Crippen LogP contribution in [0.4, 0.5) is 0 Å². The molecule has 98 valence electrons. The second kappa shape index (κ2) is 5.29. The molecule has 2 rings (SSSR count). The van der Waals surface area contributed by atoms with Crippen LogP contribution < -0.4 is 0 Å². The van der Waals surface area contributed by atoms with Crippen LogP contribution in [0.3, 0.4) is 0 Å². The van der Waals surface area contributed by atoms with Gasteiger partial charge in [-0.05, 0) is 48.4 Å². The Kier molecular flexibility index (Phi) is 3.94. The molecule has 0 bridgehead atoms. The topological polar surface area (TPSA) is 73.4 Å². The smallest absolute Gasteiger partial charge is 0.308 e. The van der Waals surface area contributed by atoms with Gasteiger partial charge in [0.2, 0.25) is 0 Å². The summed E-state index contributed by atoms with van der Waals surface area (Å²) in [6.45, 7) is 2.26. The van der Waals surface area contributed by atoms with E-state index in [0.29, 0.717) is 18.7 Å². The van der Waals surface area contributed by atoms with Crippen LogP contribution in [0.1, 0.15) is 30.3 Å². The second-order valence-corrected chi connectivity index (χ2v) is 5.90. The number of nitrogens with zero attached hydrogens (tertiary/aromatic N) is 1. The van der Waals surface area contributed by atoms with Crippen molar-refractivity contribution in [1.29, 1.82) is 0 Å². The van der Waals surface area contributed by atoms with Gasteiger partial charge in [0.1, 0.15) is 5.69 Å². The number of amides is 1. The molecule has 0 spiro atoms. The van der Waals surface area contributed by atoms with Crippen LogP contribution in [0.25, 0.3) is 0 Å². The van der Waals surface area contributed by atoms with E-state index >= 15 is 0 Å². The molecule has 0 saturated carbocycles. The third-order valence-electron chi connectivity index (χ3n) is 3.37. The van der Waals surface area contributed by atoms with E-state index in [1.807, 2.05) is 6.92 Å². The van der Waals surface area contributed by atoms with Gasteiger partial charge >= 0.3 is 5.97 Å². The van der Waals surface area contributed by atoms with Crippen molar-refractivity contribution in [1.82, 2.24) is 9.88 Å². The Balaban J connectivity index is 2.15. The number of aliphatic carboxylic acids is 1. The van der Waals surface area contributed by atoms with E-state index in [-0.39, 0.29) is 11.9 Å². The molecular weight excluding hydrogens is 347 g/mol. The number of carboxylic acid groups (broad SMARTS) is 1. The summed E-state index contributed by atoms with van der Waals surface area (Å²) in [6.07, 6.45) is 3.14. The van der Waals surface area contributed by atoms with Gasteiger partial charge in [-0.2, -0.15) is 0 Å². The molecule has 1 amide bonds. The highest BCUT2D eigenvalue weighted by atomic mass is 127. The highest BCUT2D eigenvalue weighted by Crippen LogP contribution is 2.24. The van der Waals surface area contributed by atoms with E-state index in [1.54, 1.807) is 17.2 Å². The molecule has 1 aliphatic rings. The molecule has 0 aromatic carbocycles. The van der Waals surface area contributed by atoms with Crippen molar-refractivity contribution in [3.63, 3.8) is 0 Å². The summed E-state index contributed by atoms with van der Waals surface area (Å²) in [7, 11) is 0. The molecular formula is C12H15IN2O3. The maximum Gasteiger partial charge on any atom is 0.308 e. The first-order valence-corrected chi connectivity index (χ1v) is 6.94. The SMILES string of the molecule is CC1CCC(C(=O)O)CN1C(=O)c1cc(I)c[nH]1. The molecule has 2 N–H and O–H groups in total. The van der Waals surface area contributed by atoms with Gasteiger partial charge < -0.3 is 15.0 Å². The lowest BCUT2D eigenvalue weighted by Gasteiger charge is -2.36. The number of hydrogen-bond acceptors (Lipinski definition) is 2. The number of piperidine rings is 1. The summed E-state index contributed by atoms with van der Waals surface area (Å²) in [5.74, 6) is -1.38. The van der Waals surface area contributed by atoms with Crippen molar-refractivity contribution in [2.45, 2.75) is 25.8 Å². The summed E-state index contributed by atoms with van der Waals surface area (Å²) < 4.78 is 0.968. The molecule has 1 aromatic heterocycles.